The number of carbonyl (C=O) groups is 1. The molecule has 0 aromatic heterocycles. The molecule has 0 amide bonds. The van der Waals surface area contributed by atoms with Gasteiger partial charge in [-0.25, -0.2) is 9.18 Å². The van der Waals surface area contributed by atoms with Gasteiger partial charge >= 0.3 is 5.97 Å². The van der Waals surface area contributed by atoms with Gasteiger partial charge in [0, 0.05) is 19.2 Å². The molecule has 0 radical (unpaired) electrons. The standard InChI is InChI=1S/C15H20FNO3/c1-2-7-17(8-9-18)11-13-3-5-14(16)10-12(13)4-6-15(19)20/h3-6,10,18H,2,7-9,11H2,1H3,(H,19,20). The molecule has 0 atom stereocenters. The number of nitrogens with zero attached hydrogens (tertiary/aromatic N) is 1. The zero-order valence-electron chi connectivity index (χ0n) is 11.6. The van der Waals surface area contributed by atoms with E-state index in [0.717, 1.165) is 24.6 Å². The first-order valence-electron chi connectivity index (χ1n) is 6.59. The summed E-state index contributed by atoms with van der Waals surface area (Å²) in [5, 5.41) is 17.7. The van der Waals surface area contributed by atoms with E-state index < -0.39 is 11.8 Å². The van der Waals surface area contributed by atoms with Crippen molar-refractivity contribution in [1.29, 1.82) is 0 Å². The Morgan fingerprint density at radius 2 is 2.15 bits per heavy atom. The normalized spacial score (nSPS) is 11.4. The summed E-state index contributed by atoms with van der Waals surface area (Å²) in [6.07, 6.45) is 3.33. The molecule has 0 saturated carbocycles. The lowest BCUT2D eigenvalue weighted by Crippen LogP contribution is -2.27. The number of rotatable bonds is 8. The van der Waals surface area contributed by atoms with Gasteiger partial charge < -0.3 is 10.2 Å². The number of aliphatic hydroxyl groups excluding tert-OH is 1. The van der Waals surface area contributed by atoms with Crippen LogP contribution in [0.1, 0.15) is 24.5 Å². The van der Waals surface area contributed by atoms with E-state index in [2.05, 4.69) is 0 Å². The predicted octanol–water partition coefficient (Wildman–Crippen LogP) is 2.13. The van der Waals surface area contributed by atoms with Gasteiger partial charge in [-0.1, -0.05) is 13.0 Å². The van der Waals surface area contributed by atoms with Crippen molar-refractivity contribution in [2.24, 2.45) is 0 Å². The molecule has 0 spiro atoms. The number of carboxylic acid groups (broad SMARTS) is 1. The maximum absolute atomic E-state index is 13.3. The molecule has 0 unspecified atom stereocenters. The second-order valence-corrected chi connectivity index (χ2v) is 4.51. The summed E-state index contributed by atoms with van der Waals surface area (Å²) in [5.74, 6) is -1.47. The average Bonchev–Trinajstić information content (AvgIpc) is 2.39. The highest BCUT2D eigenvalue weighted by Gasteiger charge is 2.08. The topological polar surface area (TPSA) is 60.8 Å². The third-order valence-electron chi connectivity index (χ3n) is 2.86. The van der Waals surface area contributed by atoms with Gasteiger partial charge in [-0.2, -0.15) is 0 Å². The zero-order chi connectivity index (χ0) is 15.0. The van der Waals surface area contributed by atoms with Crippen LogP contribution in [0.15, 0.2) is 24.3 Å². The van der Waals surface area contributed by atoms with Gasteiger partial charge in [0.15, 0.2) is 0 Å². The Labute approximate surface area is 118 Å². The van der Waals surface area contributed by atoms with Gasteiger partial charge in [0.1, 0.15) is 5.82 Å². The van der Waals surface area contributed by atoms with E-state index in [9.17, 15) is 9.18 Å². The van der Waals surface area contributed by atoms with E-state index in [1.165, 1.54) is 18.2 Å². The predicted molar refractivity (Wildman–Crippen MR) is 75.7 cm³/mol. The van der Waals surface area contributed by atoms with E-state index >= 15 is 0 Å². The molecule has 20 heavy (non-hydrogen) atoms. The fraction of sp³-hybridized carbons (Fsp3) is 0.400. The molecule has 0 heterocycles. The number of benzene rings is 1. The van der Waals surface area contributed by atoms with Gasteiger partial charge in [0.05, 0.1) is 6.61 Å². The Morgan fingerprint density at radius 1 is 1.40 bits per heavy atom. The quantitative estimate of drug-likeness (QED) is 0.717. The first-order valence-corrected chi connectivity index (χ1v) is 6.59. The zero-order valence-corrected chi connectivity index (χ0v) is 11.6. The average molecular weight is 281 g/mol. The molecule has 1 aromatic carbocycles. The van der Waals surface area contributed by atoms with Crippen LogP contribution in [-0.2, 0) is 11.3 Å². The maximum Gasteiger partial charge on any atom is 0.328 e. The monoisotopic (exact) mass is 281 g/mol. The van der Waals surface area contributed by atoms with Gasteiger partial charge in [-0.15, -0.1) is 0 Å². The molecule has 0 saturated heterocycles. The van der Waals surface area contributed by atoms with E-state index in [1.807, 2.05) is 11.8 Å². The Morgan fingerprint density at radius 3 is 2.75 bits per heavy atom. The van der Waals surface area contributed by atoms with Crippen LogP contribution >= 0.6 is 0 Å². The summed E-state index contributed by atoms with van der Waals surface area (Å²) in [5.41, 5.74) is 1.39. The number of halogens is 1. The molecule has 0 aliphatic heterocycles. The van der Waals surface area contributed by atoms with Gasteiger partial charge in [-0.05, 0) is 42.3 Å². The number of aliphatic carboxylic acids is 1. The summed E-state index contributed by atoms with van der Waals surface area (Å²) in [4.78, 5) is 12.6. The lowest BCUT2D eigenvalue weighted by molar-refractivity contribution is -0.131. The molecule has 2 N–H and O–H groups in total. The largest absolute Gasteiger partial charge is 0.478 e. The minimum atomic E-state index is -1.07. The second-order valence-electron chi connectivity index (χ2n) is 4.51. The Hall–Kier alpha value is -1.72. The number of hydrogen-bond acceptors (Lipinski definition) is 3. The van der Waals surface area contributed by atoms with Crippen molar-refractivity contribution in [3.8, 4) is 0 Å². The molecule has 5 heteroatoms. The smallest absolute Gasteiger partial charge is 0.328 e. The van der Waals surface area contributed by atoms with Crippen LogP contribution in [0.25, 0.3) is 6.08 Å². The van der Waals surface area contributed by atoms with Crippen molar-refractivity contribution >= 4 is 12.0 Å². The summed E-state index contributed by atoms with van der Waals surface area (Å²) in [6, 6.07) is 4.32. The number of hydrogen-bond donors (Lipinski definition) is 2. The summed E-state index contributed by atoms with van der Waals surface area (Å²) in [7, 11) is 0. The first-order chi connectivity index (χ1) is 9.56. The fourth-order valence-corrected chi connectivity index (χ4v) is 1.99. The maximum atomic E-state index is 13.3. The van der Waals surface area contributed by atoms with E-state index in [1.54, 1.807) is 6.07 Å². The Balaban J connectivity index is 2.94. The van der Waals surface area contributed by atoms with Crippen LogP contribution in [0.2, 0.25) is 0 Å². The third kappa shape index (κ3) is 5.50. The summed E-state index contributed by atoms with van der Waals surface area (Å²) >= 11 is 0. The molecule has 1 aromatic rings. The number of carboxylic acids is 1. The van der Waals surface area contributed by atoms with Crippen LogP contribution < -0.4 is 0 Å². The molecular formula is C15H20FNO3. The van der Waals surface area contributed by atoms with Gasteiger partial charge in [0.25, 0.3) is 0 Å². The van der Waals surface area contributed by atoms with E-state index in [4.69, 9.17) is 10.2 Å². The van der Waals surface area contributed by atoms with Crippen LogP contribution in [-0.4, -0.2) is 40.8 Å². The molecule has 1 rings (SSSR count). The van der Waals surface area contributed by atoms with Crippen LogP contribution in [0.3, 0.4) is 0 Å². The summed E-state index contributed by atoms with van der Waals surface area (Å²) < 4.78 is 13.3. The van der Waals surface area contributed by atoms with Crippen molar-refractivity contribution in [2.45, 2.75) is 19.9 Å². The van der Waals surface area contributed by atoms with Crippen LogP contribution in [0, 0.1) is 5.82 Å². The third-order valence-corrected chi connectivity index (χ3v) is 2.86. The summed E-state index contributed by atoms with van der Waals surface area (Å²) in [6.45, 7) is 4.00. The van der Waals surface area contributed by atoms with Crippen molar-refractivity contribution in [3.05, 3.63) is 41.2 Å². The van der Waals surface area contributed by atoms with Crippen LogP contribution in [0.4, 0.5) is 4.39 Å². The molecule has 0 fully saturated rings. The fourth-order valence-electron chi connectivity index (χ4n) is 1.99. The molecule has 0 aliphatic rings. The van der Waals surface area contributed by atoms with E-state index in [0.29, 0.717) is 18.7 Å². The van der Waals surface area contributed by atoms with Crippen molar-refractivity contribution in [2.75, 3.05) is 19.7 Å². The lowest BCUT2D eigenvalue weighted by Gasteiger charge is -2.21. The number of aliphatic hydroxyl groups is 1. The van der Waals surface area contributed by atoms with E-state index in [-0.39, 0.29) is 6.61 Å². The van der Waals surface area contributed by atoms with Crippen molar-refractivity contribution in [3.63, 3.8) is 0 Å². The Kier molecular flexibility index (Phi) is 6.90. The van der Waals surface area contributed by atoms with Crippen molar-refractivity contribution in [1.82, 2.24) is 4.90 Å². The Bertz CT molecular complexity index is 468. The first kappa shape index (κ1) is 16.3. The SMILES string of the molecule is CCCN(CCO)Cc1ccc(F)cc1C=CC(=O)O. The molecule has 0 aliphatic carbocycles. The second kappa shape index (κ2) is 8.45. The highest BCUT2D eigenvalue weighted by Crippen LogP contribution is 2.16. The van der Waals surface area contributed by atoms with Crippen LogP contribution in [0.5, 0.6) is 0 Å². The van der Waals surface area contributed by atoms with Crippen molar-refractivity contribution < 1.29 is 19.4 Å². The molecular weight excluding hydrogens is 261 g/mol. The molecule has 0 bridgehead atoms. The molecule has 4 nitrogen and oxygen atoms in total. The minimum absolute atomic E-state index is 0.0570. The lowest BCUT2D eigenvalue weighted by atomic mass is 10.1. The highest BCUT2D eigenvalue weighted by molar-refractivity contribution is 5.85. The molecule has 110 valence electrons. The van der Waals surface area contributed by atoms with Gasteiger partial charge in [-0.3, -0.25) is 4.90 Å². The highest BCUT2D eigenvalue weighted by atomic mass is 19.1. The minimum Gasteiger partial charge on any atom is -0.478 e. The van der Waals surface area contributed by atoms with Gasteiger partial charge in [0.2, 0.25) is 0 Å².